The highest BCUT2D eigenvalue weighted by Crippen LogP contribution is 2.44. The van der Waals surface area contributed by atoms with Crippen LogP contribution < -0.4 is 15.4 Å². The van der Waals surface area contributed by atoms with Crippen LogP contribution in [0.3, 0.4) is 0 Å². The minimum Gasteiger partial charge on any atom is -0.361 e. The van der Waals surface area contributed by atoms with Crippen molar-refractivity contribution < 1.29 is 8.42 Å². The van der Waals surface area contributed by atoms with Gasteiger partial charge in [0.25, 0.3) is 0 Å². The molecule has 2 aliphatic rings. The van der Waals surface area contributed by atoms with Crippen molar-refractivity contribution in [2.45, 2.75) is 31.7 Å². The quantitative estimate of drug-likeness (QED) is 0.498. The Morgan fingerprint density at radius 1 is 1.28 bits per heavy atom. The van der Waals surface area contributed by atoms with Gasteiger partial charge < -0.3 is 10.6 Å². The van der Waals surface area contributed by atoms with Crippen LogP contribution in [0.2, 0.25) is 0 Å². The molecule has 0 saturated heterocycles. The number of hydrogen-bond acceptors (Lipinski definition) is 3. The van der Waals surface area contributed by atoms with E-state index in [9.17, 15) is 8.42 Å². The minimum absolute atomic E-state index is 0.359. The largest absolute Gasteiger partial charge is 0.361 e. The summed E-state index contributed by atoms with van der Waals surface area (Å²) in [4.78, 5) is 0. The highest BCUT2D eigenvalue weighted by molar-refractivity contribution is 7.88. The van der Waals surface area contributed by atoms with Gasteiger partial charge >= 0.3 is 0 Å². The number of sulfonamides is 1. The van der Waals surface area contributed by atoms with Crippen LogP contribution in [0, 0.1) is 11.8 Å². The molecule has 0 unspecified atom stereocenters. The molecule has 18 heavy (non-hydrogen) atoms. The van der Waals surface area contributed by atoms with Crippen LogP contribution in [-0.2, 0) is 10.0 Å². The zero-order chi connectivity index (χ0) is 13.2. The van der Waals surface area contributed by atoms with E-state index in [2.05, 4.69) is 15.4 Å². The highest BCUT2D eigenvalue weighted by Gasteiger charge is 2.39. The second kappa shape index (κ2) is 5.71. The Bertz CT molecular complexity index is 411. The van der Waals surface area contributed by atoms with Gasteiger partial charge in [-0.3, -0.25) is 0 Å². The van der Waals surface area contributed by atoms with Crippen molar-refractivity contribution in [3.05, 3.63) is 0 Å². The summed E-state index contributed by atoms with van der Waals surface area (Å²) in [6, 6.07) is 0.520. The van der Waals surface area contributed by atoms with Crippen LogP contribution in [0.1, 0.15) is 25.7 Å². The molecule has 0 spiro atoms. The number of fused-ring (bicyclic) bond motifs is 2. The molecule has 2 fully saturated rings. The molecular weight excluding hydrogens is 270 g/mol. The Balaban J connectivity index is 1.61. The molecule has 0 aromatic rings. The fraction of sp³-hybridized carbons (Fsp3) is 0.909. The first-order valence-corrected chi connectivity index (χ1v) is 8.73. The first kappa shape index (κ1) is 14.0. The van der Waals surface area contributed by atoms with Crippen molar-refractivity contribution in [1.82, 2.24) is 15.4 Å². The fourth-order valence-electron chi connectivity index (χ4n) is 3.05. The summed E-state index contributed by atoms with van der Waals surface area (Å²) in [7, 11) is -3.11. The van der Waals surface area contributed by atoms with E-state index >= 15 is 0 Å². The van der Waals surface area contributed by atoms with Crippen molar-refractivity contribution in [3.8, 4) is 0 Å². The summed E-state index contributed by atoms with van der Waals surface area (Å²) >= 11 is 5.21. The molecule has 3 N–H and O–H groups in total. The first-order valence-electron chi connectivity index (χ1n) is 6.43. The lowest BCUT2D eigenvalue weighted by Crippen LogP contribution is -2.46. The first-order chi connectivity index (χ1) is 8.44. The van der Waals surface area contributed by atoms with Crippen molar-refractivity contribution in [3.63, 3.8) is 0 Å². The molecule has 0 aromatic carbocycles. The third kappa shape index (κ3) is 4.07. The lowest BCUT2D eigenvalue weighted by molar-refractivity contribution is 0.389. The molecule has 2 rings (SSSR count). The van der Waals surface area contributed by atoms with Crippen LogP contribution in [0.4, 0.5) is 0 Å². The topological polar surface area (TPSA) is 70.2 Å². The Hall–Kier alpha value is -0.400. The van der Waals surface area contributed by atoms with E-state index in [4.69, 9.17) is 12.2 Å². The van der Waals surface area contributed by atoms with Gasteiger partial charge in [0.05, 0.1) is 6.26 Å². The second-order valence-electron chi connectivity index (χ2n) is 5.35. The molecule has 7 heteroatoms. The van der Waals surface area contributed by atoms with Gasteiger partial charge in [-0.15, -0.1) is 0 Å². The summed E-state index contributed by atoms with van der Waals surface area (Å²) in [5.41, 5.74) is 0. The third-order valence-electron chi connectivity index (χ3n) is 3.83. The van der Waals surface area contributed by atoms with E-state index in [0.717, 1.165) is 18.1 Å². The van der Waals surface area contributed by atoms with Gasteiger partial charge in [-0.1, -0.05) is 6.42 Å². The molecule has 104 valence electrons. The zero-order valence-electron chi connectivity index (χ0n) is 10.6. The molecule has 0 heterocycles. The molecule has 2 aliphatic carbocycles. The molecule has 5 nitrogen and oxygen atoms in total. The molecular formula is C11H21N3O2S2. The van der Waals surface area contributed by atoms with Crippen LogP contribution >= 0.6 is 12.2 Å². The van der Waals surface area contributed by atoms with Gasteiger partial charge in [0.15, 0.2) is 5.11 Å². The smallest absolute Gasteiger partial charge is 0.208 e. The predicted octanol–water partition coefficient (Wildman–Crippen LogP) is 0.188. The van der Waals surface area contributed by atoms with E-state index in [1.54, 1.807) is 0 Å². The van der Waals surface area contributed by atoms with Crippen LogP contribution in [0.15, 0.2) is 0 Å². The molecule has 0 radical (unpaired) electrons. The van der Waals surface area contributed by atoms with Gasteiger partial charge in [-0.2, -0.15) is 0 Å². The molecule has 3 atom stereocenters. The number of hydrogen-bond donors (Lipinski definition) is 3. The van der Waals surface area contributed by atoms with E-state index in [-0.39, 0.29) is 0 Å². The molecule has 2 bridgehead atoms. The van der Waals surface area contributed by atoms with Crippen LogP contribution in [-0.4, -0.2) is 38.9 Å². The van der Waals surface area contributed by atoms with E-state index in [1.165, 1.54) is 25.7 Å². The Kier molecular flexibility index (Phi) is 4.45. The number of nitrogens with one attached hydrogen (secondary N) is 3. The maximum atomic E-state index is 10.9. The molecule has 0 aliphatic heterocycles. The van der Waals surface area contributed by atoms with Gasteiger partial charge in [0.1, 0.15) is 0 Å². The maximum absolute atomic E-state index is 10.9. The standard InChI is InChI=1S/C11H21N3O2S2/c1-18(15,16)13-5-4-12-11(17)14-10-7-8-2-3-9(10)6-8/h8-10,13H,2-7H2,1H3,(H2,12,14,17)/t8-,9-,10-/m0/s1. The Labute approximate surface area is 114 Å². The van der Waals surface area contributed by atoms with Crippen molar-refractivity contribution in [1.29, 1.82) is 0 Å². The fourth-order valence-corrected chi connectivity index (χ4v) is 3.78. The minimum atomic E-state index is -3.11. The van der Waals surface area contributed by atoms with E-state index in [1.807, 2.05) is 0 Å². The third-order valence-corrected chi connectivity index (χ3v) is 4.82. The van der Waals surface area contributed by atoms with Crippen LogP contribution in [0.5, 0.6) is 0 Å². The van der Waals surface area contributed by atoms with Gasteiger partial charge in [-0.05, 0) is 43.3 Å². The Morgan fingerprint density at radius 3 is 2.61 bits per heavy atom. The monoisotopic (exact) mass is 291 g/mol. The summed E-state index contributed by atoms with van der Waals surface area (Å²) in [6.07, 6.45) is 6.42. The second-order valence-corrected chi connectivity index (χ2v) is 7.59. The summed E-state index contributed by atoms with van der Waals surface area (Å²) in [6.45, 7) is 0.872. The molecule has 0 amide bonds. The Morgan fingerprint density at radius 2 is 2.06 bits per heavy atom. The maximum Gasteiger partial charge on any atom is 0.208 e. The summed E-state index contributed by atoms with van der Waals surface area (Å²) in [5, 5.41) is 7.03. The highest BCUT2D eigenvalue weighted by atomic mass is 32.2. The van der Waals surface area contributed by atoms with Crippen molar-refractivity contribution >= 4 is 27.4 Å². The average molecular weight is 291 g/mol. The summed E-state index contributed by atoms with van der Waals surface area (Å²) in [5.74, 6) is 1.67. The molecule has 0 aromatic heterocycles. The zero-order valence-corrected chi connectivity index (χ0v) is 12.2. The molecule has 2 saturated carbocycles. The lowest BCUT2D eigenvalue weighted by Gasteiger charge is -2.24. The van der Waals surface area contributed by atoms with E-state index < -0.39 is 10.0 Å². The van der Waals surface area contributed by atoms with Gasteiger partial charge in [0, 0.05) is 19.1 Å². The van der Waals surface area contributed by atoms with Crippen molar-refractivity contribution in [2.75, 3.05) is 19.3 Å². The predicted molar refractivity (Wildman–Crippen MR) is 75.8 cm³/mol. The number of thiocarbonyl (C=S) groups is 1. The normalized spacial score (nSPS) is 30.4. The number of rotatable bonds is 5. The van der Waals surface area contributed by atoms with Crippen LogP contribution in [0.25, 0.3) is 0 Å². The van der Waals surface area contributed by atoms with E-state index in [0.29, 0.717) is 24.2 Å². The lowest BCUT2D eigenvalue weighted by atomic mass is 9.96. The average Bonchev–Trinajstić information content (AvgIpc) is 2.85. The van der Waals surface area contributed by atoms with Gasteiger partial charge in [-0.25, -0.2) is 13.1 Å². The van der Waals surface area contributed by atoms with Gasteiger partial charge in [0.2, 0.25) is 10.0 Å². The van der Waals surface area contributed by atoms with Crippen molar-refractivity contribution in [2.24, 2.45) is 11.8 Å². The summed E-state index contributed by atoms with van der Waals surface area (Å²) < 4.78 is 24.1. The SMILES string of the molecule is CS(=O)(=O)NCCNC(=S)N[C@H]1C[C@H]2CC[C@H]1C2.